The number of rotatable bonds is 7. The Balaban J connectivity index is 1.80. The molecule has 0 amide bonds. The van der Waals surface area contributed by atoms with Crippen LogP contribution in [0.1, 0.15) is 38.1 Å². The van der Waals surface area contributed by atoms with Crippen molar-refractivity contribution in [3.8, 4) is 5.75 Å². The Morgan fingerprint density at radius 3 is 2.32 bits per heavy atom. The van der Waals surface area contributed by atoms with Crippen LogP contribution in [0, 0.1) is 0 Å². The van der Waals surface area contributed by atoms with Crippen LogP contribution in [0.15, 0.2) is 48.7 Å². The third-order valence-corrected chi connectivity index (χ3v) is 6.33. The highest BCUT2D eigenvalue weighted by atomic mass is 35.5. The summed E-state index contributed by atoms with van der Waals surface area (Å²) in [5.74, 6) is -1.06. The van der Waals surface area contributed by atoms with Gasteiger partial charge in [-0.15, -0.1) is 0 Å². The first kappa shape index (κ1) is 26.5. The second kappa shape index (κ2) is 11.2. The standard InChI is InChI=1S/C27H28ClNO8/c1-15(30)35-23-14-34-27(26(37-17(3)32)25(23)36-16(2)31)29-13-19(24-21(28)9-6-10-22(24)29)11-18-7-5-8-20(12-18)33-4/h5-10,12-13,23,25-27H,11,14H2,1-4H3/t23-,25+,26-,27-/m1/s1. The molecule has 1 aromatic heterocycles. The fourth-order valence-electron chi connectivity index (χ4n) is 4.66. The van der Waals surface area contributed by atoms with Gasteiger partial charge < -0.3 is 28.3 Å². The molecule has 4 rings (SSSR count). The number of esters is 3. The SMILES string of the molecule is COc1cccc(Cc2cn([C@@H]3OC[C@@H](OC(C)=O)[C@H](OC(C)=O)[C@H]3OC(C)=O)c3cccc(Cl)c23)c1. The van der Waals surface area contributed by atoms with Gasteiger partial charge in [0.25, 0.3) is 0 Å². The molecule has 3 aromatic rings. The summed E-state index contributed by atoms with van der Waals surface area (Å²) in [5, 5.41) is 1.35. The Hall–Kier alpha value is -3.56. The molecule has 1 aliphatic heterocycles. The third kappa shape index (κ3) is 5.89. The van der Waals surface area contributed by atoms with E-state index in [9.17, 15) is 14.4 Å². The zero-order chi connectivity index (χ0) is 26.7. The summed E-state index contributed by atoms with van der Waals surface area (Å²) < 4.78 is 29.7. The molecule has 37 heavy (non-hydrogen) atoms. The largest absolute Gasteiger partial charge is 0.497 e. The van der Waals surface area contributed by atoms with Crippen molar-refractivity contribution >= 4 is 40.4 Å². The average molecular weight is 530 g/mol. The lowest BCUT2D eigenvalue weighted by Gasteiger charge is -2.41. The van der Waals surface area contributed by atoms with Gasteiger partial charge in [0.15, 0.2) is 24.5 Å². The molecule has 0 spiro atoms. The topological polar surface area (TPSA) is 102 Å². The van der Waals surface area contributed by atoms with Crippen molar-refractivity contribution in [2.24, 2.45) is 0 Å². The van der Waals surface area contributed by atoms with E-state index in [0.29, 0.717) is 11.4 Å². The van der Waals surface area contributed by atoms with Crippen LogP contribution in [0.25, 0.3) is 10.9 Å². The van der Waals surface area contributed by atoms with Crippen LogP contribution in [0.2, 0.25) is 5.02 Å². The second-order valence-corrected chi connectivity index (χ2v) is 9.15. The van der Waals surface area contributed by atoms with Crippen molar-refractivity contribution in [1.82, 2.24) is 4.57 Å². The summed E-state index contributed by atoms with van der Waals surface area (Å²) in [6, 6.07) is 13.2. The molecule has 10 heteroatoms. The first-order chi connectivity index (χ1) is 17.7. The highest BCUT2D eigenvalue weighted by Gasteiger charge is 2.48. The summed E-state index contributed by atoms with van der Waals surface area (Å²) in [6.07, 6.45) is -1.60. The third-order valence-electron chi connectivity index (χ3n) is 6.01. The van der Waals surface area contributed by atoms with E-state index >= 15 is 0 Å². The van der Waals surface area contributed by atoms with Crippen molar-refractivity contribution in [2.75, 3.05) is 13.7 Å². The lowest BCUT2D eigenvalue weighted by atomic mass is 10.0. The Labute approximate surface area is 219 Å². The van der Waals surface area contributed by atoms with E-state index in [1.165, 1.54) is 20.8 Å². The average Bonchev–Trinajstić information content (AvgIpc) is 3.19. The number of benzene rings is 2. The lowest BCUT2D eigenvalue weighted by Crippen LogP contribution is -2.55. The maximum atomic E-state index is 12.1. The van der Waals surface area contributed by atoms with Crippen molar-refractivity contribution in [3.63, 3.8) is 0 Å². The van der Waals surface area contributed by atoms with E-state index in [0.717, 1.165) is 27.8 Å². The molecule has 0 saturated carbocycles. The Morgan fingerprint density at radius 2 is 1.65 bits per heavy atom. The van der Waals surface area contributed by atoms with Crippen LogP contribution in [-0.2, 0) is 39.8 Å². The number of halogens is 1. The van der Waals surface area contributed by atoms with Gasteiger partial charge in [-0.3, -0.25) is 14.4 Å². The number of carbonyl (C=O) groups excluding carboxylic acids is 3. The van der Waals surface area contributed by atoms with Gasteiger partial charge in [-0.1, -0.05) is 29.8 Å². The monoisotopic (exact) mass is 529 g/mol. The van der Waals surface area contributed by atoms with Crippen molar-refractivity contribution in [1.29, 1.82) is 0 Å². The van der Waals surface area contributed by atoms with E-state index < -0.39 is 42.4 Å². The molecule has 0 radical (unpaired) electrons. The number of ether oxygens (including phenoxy) is 5. The molecule has 1 fully saturated rings. The van der Waals surface area contributed by atoms with Crippen LogP contribution in [0.4, 0.5) is 0 Å². The number of carbonyl (C=O) groups is 3. The predicted octanol–water partition coefficient (Wildman–Crippen LogP) is 4.22. The summed E-state index contributed by atoms with van der Waals surface area (Å²) in [7, 11) is 1.61. The quantitative estimate of drug-likeness (QED) is 0.331. The minimum atomic E-state index is -1.10. The molecule has 196 valence electrons. The summed E-state index contributed by atoms with van der Waals surface area (Å²) in [5.41, 5.74) is 2.65. The minimum absolute atomic E-state index is 0.0780. The number of hydrogen-bond donors (Lipinski definition) is 0. The van der Waals surface area contributed by atoms with Crippen LogP contribution in [0.3, 0.4) is 0 Å². The normalized spacial score (nSPS) is 21.3. The van der Waals surface area contributed by atoms with Crippen molar-refractivity contribution in [3.05, 3.63) is 64.8 Å². The van der Waals surface area contributed by atoms with Crippen LogP contribution in [0.5, 0.6) is 5.75 Å². The van der Waals surface area contributed by atoms with E-state index in [4.69, 9.17) is 35.3 Å². The molecule has 2 heterocycles. The molecule has 1 aliphatic rings. The molecule has 0 aliphatic carbocycles. The summed E-state index contributed by atoms with van der Waals surface area (Å²) >= 11 is 6.65. The molecule has 0 unspecified atom stereocenters. The van der Waals surface area contributed by atoms with E-state index in [1.807, 2.05) is 47.2 Å². The Bertz CT molecular complexity index is 1320. The molecule has 0 N–H and O–H groups in total. The Kier molecular flexibility index (Phi) is 8.04. The number of methoxy groups -OCH3 is 1. The smallest absolute Gasteiger partial charge is 0.303 e. The number of nitrogens with zero attached hydrogens (tertiary/aromatic N) is 1. The Morgan fingerprint density at radius 1 is 0.973 bits per heavy atom. The molecule has 2 aromatic carbocycles. The van der Waals surface area contributed by atoms with Gasteiger partial charge in [-0.25, -0.2) is 0 Å². The molecule has 0 bridgehead atoms. The minimum Gasteiger partial charge on any atom is -0.497 e. The number of hydrogen-bond acceptors (Lipinski definition) is 8. The van der Waals surface area contributed by atoms with Crippen LogP contribution < -0.4 is 4.74 Å². The van der Waals surface area contributed by atoms with Gasteiger partial charge in [0.1, 0.15) is 5.75 Å². The maximum absolute atomic E-state index is 12.1. The van der Waals surface area contributed by atoms with Crippen molar-refractivity contribution < 1.29 is 38.1 Å². The zero-order valence-electron chi connectivity index (χ0n) is 20.9. The highest BCUT2D eigenvalue weighted by molar-refractivity contribution is 6.35. The predicted molar refractivity (Wildman–Crippen MR) is 134 cm³/mol. The molecular weight excluding hydrogens is 502 g/mol. The first-order valence-electron chi connectivity index (χ1n) is 11.7. The molecular formula is C27H28ClNO8. The van der Waals surface area contributed by atoms with Crippen molar-refractivity contribution in [2.45, 2.75) is 51.7 Å². The van der Waals surface area contributed by atoms with Crippen LogP contribution in [-0.4, -0.2) is 54.5 Å². The number of aromatic nitrogens is 1. The maximum Gasteiger partial charge on any atom is 0.303 e. The van der Waals surface area contributed by atoms with Crippen LogP contribution >= 0.6 is 11.6 Å². The van der Waals surface area contributed by atoms with Gasteiger partial charge in [-0.05, 0) is 41.8 Å². The first-order valence-corrected chi connectivity index (χ1v) is 12.1. The van der Waals surface area contributed by atoms with E-state index in [-0.39, 0.29) is 6.61 Å². The second-order valence-electron chi connectivity index (χ2n) is 8.74. The highest BCUT2D eigenvalue weighted by Crippen LogP contribution is 2.37. The number of fused-ring (bicyclic) bond motifs is 1. The fraction of sp³-hybridized carbons (Fsp3) is 0.370. The van der Waals surface area contributed by atoms with Gasteiger partial charge in [0, 0.05) is 32.4 Å². The zero-order valence-corrected chi connectivity index (χ0v) is 21.7. The van der Waals surface area contributed by atoms with Gasteiger partial charge in [0.2, 0.25) is 0 Å². The van der Waals surface area contributed by atoms with Gasteiger partial charge in [0.05, 0.1) is 24.3 Å². The summed E-state index contributed by atoms with van der Waals surface area (Å²) in [6.45, 7) is 3.64. The molecule has 1 saturated heterocycles. The van der Waals surface area contributed by atoms with E-state index in [2.05, 4.69) is 0 Å². The summed E-state index contributed by atoms with van der Waals surface area (Å²) in [4.78, 5) is 35.8. The molecule has 9 nitrogen and oxygen atoms in total. The lowest BCUT2D eigenvalue weighted by molar-refractivity contribution is -0.239. The fourth-order valence-corrected chi connectivity index (χ4v) is 4.95. The van der Waals surface area contributed by atoms with E-state index in [1.54, 1.807) is 13.2 Å². The van der Waals surface area contributed by atoms with Gasteiger partial charge >= 0.3 is 17.9 Å². The van der Waals surface area contributed by atoms with Gasteiger partial charge in [-0.2, -0.15) is 0 Å². The molecule has 4 atom stereocenters.